The fourth-order valence-electron chi connectivity index (χ4n) is 6.10. The highest BCUT2D eigenvalue weighted by Gasteiger charge is 2.46. The van der Waals surface area contributed by atoms with Crippen LogP contribution in [0, 0.1) is 11.3 Å². The smallest absolute Gasteiger partial charge is 0.338 e. The lowest BCUT2D eigenvalue weighted by Gasteiger charge is -2.47. The molecule has 0 amide bonds. The van der Waals surface area contributed by atoms with Crippen LogP contribution in [0.15, 0.2) is 36.4 Å². The van der Waals surface area contributed by atoms with Crippen molar-refractivity contribution in [3.63, 3.8) is 0 Å². The molecule has 0 N–H and O–H groups in total. The zero-order valence-corrected chi connectivity index (χ0v) is 22.5. The summed E-state index contributed by atoms with van der Waals surface area (Å²) in [6.07, 6.45) is 6.16. The molecule has 2 aromatic carbocycles. The number of ether oxygens (including phenoxy) is 2. The first kappa shape index (κ1) is 25.1. The second-order valence-corrected chi connectivity index (χ2v) is 12.6. The molecule has 0 saturated heterocycles. The van der Waals surface area contributed by atoms with E-state index in [4.69, 9.17) is 21.1 Å². The van der Waals surface area contributed by atoms with Gasteiger partial charge in [0.1, 0.15) is 17.6 Å². The van der Waals surface area contributed by atoms with Gasteiger partial charge in [0.05, 0.1) is 17.9 Å². The number of hydrogen-bond acceptors (Lipinski definition) is 5. The molecule has 36 heavy (non-hydrogen) atoms. The Hall–Kier alpha value is -2.53. The van der Waals surface area contributed by atoms with E-state index in [2.05, 4.69) is 24.0 Å². The molecule has 5 rings (SSSR count). The molecule has 3 atom stereocenters. The Morgan fingerprint density at radius 2 is 2.03 bits per heavy atom. The molecule has 2 aromatic rings. The van der Waals surface area contributed by atoms with Crippen molar-refractivity contribution in [3.05, 3.63) is 58.1 Å². The van der Waals surface area contributed by atoms with Crippen molar-refractivity contribution in [2.75, 3.05) is 24.6 Å². The van der Waals surface area contributed by atoms with Crippen LogP contribution in [0.1, 0.15) is 74.9 Å². The number of aldehydes is 1. The zero-order valence-electron chi connectivity index (χ0n) is 21.7. The van der Waals surface area contributed by atoms with Crippen molar-refractivity contribution in [1.29, 1.82) is 0 Å². The summed E-state index contributed by atoms with van der Waals surface area (Å²) in [6, 6.07) is 11.8. The fourth-order valence-corrected chi connectivity index (χ4v) is 6.30. The summed E-state index contributed by atoms with van der Waals surface area (Å²) in [7, 11) is 0. The molecule has 1 saturated carbocycles. The van der Waals surface area contributed by atoms with Gasteiger partial charge in [-0.15, -0.1) is 0 Å². The summed E-state index contributed by atoms with van der Waals surface area (Å²) < 4.78 is 12.2. The number of anilines is 1. The van der Waals surface area contributed by atoms with Crippen LogP contribution >= 0.6 is 11.6 Å². The summed E-state index contributed by atoms with van der Waals surface area (Å²) in [4.78, 5) is 27.2. The lowest BCUT2D eigenvalue weighted by atomic mass is 9.62. The molecule has 1 fully saturated rings. The van der Waals surface area contributed by atoms with E-state index in [9.17, 15) is 9.59 Å². The number of carbonyl (C=O) groups excluding carboxylic acids is 2. The second kappa shape index (κ2) is 9.09. The van der Waals surface area contributed by atoms with Crippen molar-refractivity contribution in [2.45, 2.75) is 70.8 Å². The Morgan fingerprint density at radius 3 is 2.72 bits per heavy atom. The number of hydrogen-bond donors (Lipinski definition) is 0. The van der Waals surface area contributed by atoms with E-state index in [0.29, 0.717) is 12.2 Å². The molecule has 1 aliphatic heterocycles. The number of rotatable bonds is 4. The number of fused-ring (bicyclic) bond motifs is 3. The molecule has 2 aliphatic carbocycles. The zero-order chi connectivity index (χ0) is 25.7. The Kier molecular flexibility index (Phi) is 6.35. The van der Waals surface area contributed by atoms with Gasteiger partial charge in [0.25, 0.3) is 0 Å². The maximum absolute atomic E-state index is 12.9. The van der Waals surface area contributed by atoms with Crippen LogP contribution in [0.4, 0.5) is 5.69 Å². The third-order valence-electron chi connectivity index (χ3n) is 8.35. The van der Waals surface area contributed by atoms with Crippen LogP contribution in [0.2, 0.25) is 5.02 Å². The molecule has 6 heteroatoms. The Labute approximate surface area is 219 Å². The maximum atomic E-state index is 12.9. The summed E-state index contributed by atoms with van der Waals surface area (Å²) in [5.41, 5.74) is 2.93. The molecule has 3 aliphatic rings. The Balaban J connectivity index is 1.55. The average Bonchev–Trinajstić information content (AvgIpc) is 2.97. The summed E-state index contributed by atoms with van der Waals surface area (Å²) >= 11 is 6.35. The number of carbonyl (C=O) groups is 2. The van der Waals surface area contributed by atoms with Gasteiger partial charge in [-0.25, -0.2) is 4.79 Å². The predicted molar refractivity (Wildman–Crippen MR) is 142 cm³/mol. The highest BCUT2D eigenvalue weighted by atomic mass is 35.5. The molecule has 0 unspecified atom stereocenters. The Bertz CT molecular complexity index is 1190. The molecule has 0 aromatic heterocycles. The van der Waals surface area contributed by atoms with Gasteiger partial charge >= 0.3 is 5.97 Å². The van der Waals surface area contributed by atoms with Gasteiger partial charge in [-0.1, -0.05) is 24.6 Å². The average molecular weight is 510 g/mol. The molecule has 1 heterocycles. The molecule has 0 bridgehead atoms. The van der Waals surface area contributed by atoms with Crippen LogP contribution in [-0.4, -0.2) is 37.6 Å². The molecular weight excluding hydrogens is 474 g/mol. The van der Waals surface area contributed by atoms with Crippen molar-refractivity contribution in [3.8, 4) is 5.75 Å². The topological polar surface area (TPSA) is 55.8 Å². The van der Waals surface area contributed by atoms with E-state index in [-0.39, 0.29) is 22.7 Å². The van der Waals surface area contributed by atoms with Crippen LogP contribution in [0.25, 0.3) is 0 Å². The van der Waals surface area contributed by atoms with Gasteiger partial charge < -0.3 is 19.2 Å². The molecular formula is C30H36ClNO4. The van der Waals surface area contributed by atoms with E-state index in [0.717, 1.165) is 67.9 Å². The highest BCUT2D eigenvalue weighted by molar-refractivity contribution is 6.30. The highest BCUT2D eigenvalue weighted by Crippen LogP contribution is 2.49. The molecule has 1 spiro atoms. The number of nitrogens with zero attached hydrogens (tertiary/aromatic N) is 1. The van der Waals surface area contributed by atoms with Crippen LogP contribution in [0.3, 0.4) is 0 Å². The van der Waals surface area contributed by atoms with Gasteiger partial charge in [-0.05, 0) is 100 Å². The maximum Gasteiger partial charge on any atom is 0.338 e. The van der Waals surface area contributed by atoms with Crippen LogP contribution in [-0.2, 0) is 21.4 Å². The lowest BCUT2D eigenvalue weighted by Crippen LogP contribution is -2.51. The minimum Gasteiger partial charge on any atom is -0.490 e. The normalized spacial score (nSPS) is 27.2. The van der Waals surface area contributed by atoms with E-state index in [1.807, 2.05) is 39.0 Å². The van der Waals surface area contributed by atoms with Crippen molar-refractivity contribution >= 4 is 29.5 Å². The predicted octanol–water partition coefficient (Wildman–Crippen LogP) is 6.38. The monoisotopic (exact) mass is 509 g/mol. The van der Waals surface area contributed by atoms with Crippen molar-refractivity contribution in [2.24, 2.45) is 11.3 Å². The first-order valence-electron chi connectivity index (χ1n) is 13.0. The largest absolute Gasteiger partial charge is 0.490 e. The fraction of sp³-hybridized carbons (Fsp3) is 0.533. The number of esters is 1. The lowest BCUT2D eigenvalue weighted by molar-refractivity contribution is -0.123. The first-order valence-corrected chi connectivity index (χ1v) is 13.4. The van der Waals surface area contributed by atoms with E-state index in [1.165, 1.54) is 11.1 Å². The third-order valence-corrected chi connectivity index (χ3v) is 8.58. The number of halogens is 1. The van der Waals surface area contributed by atoms with Gasteiger partial charge in [0, 0.05) is 28.9 Å². The Morgan fingerprint density at radius 1 is 1.22 bits per heavy atom. The van der Waals surface area contributed by atoms with Crippen LogP contribution in [0.5, 0.6) is 5.75 Å². The van der Waals surface area contributed by atoms with Crippen LogP contribution < -0.4 is 9.64 Å². The number of aryl methyl sites for hydroxylation is 1. The third kappa shape index (κ3) is 4.63. The van der Waals surface area contributed by atoms with E-state index < -0.39 is 5.60 Å². The van der Waals surface area contributed by atoms with Crippen molar-refractivity contribution in [1.82, 2.24) is 0 Å². The molecule has 192 valence electrons. The van der Waals surface area contributed by atoms with E-state index >= 15 is 0 Å². The minimum atomic E-state index is -0.574. The summed E-state index contributed by atoms with van der Waals surface area (Å²) in [5, 5.41) is 0.763. The van der Waals surface area contributed by atoms with Gasteiger partial charge in [-0.3, -0.25) is 0 Å². The standard InChI is InChI=1S/C30H36ClNO4/c1-28(2,3)36-27(34)21-7-10-26-25(15-21)32(16-22-11-13-29(22,4)18-33)17-30(19-35-26)12-5-6-20-14-23(31)8-9-24(20)30/h7-10,14-15,18,22H,5-6,11-13,16-17,19H2,1-4H3/t22-,29-,30-/m0/s1. The minimum absolute atomic E-state index is 0.190. The molecule has 5 nitrogen and oxygen atoms in total. The SMILES string of the molecule is CC(C)(C)OC(=O)c1ccc2c(c1)N(C[C@@H]1CC[C@@]1(C)C=O)C[C@@]1(CCCc3cc(Cl)ccc31)CO2. The summed E-state index contributed by atoms with van der Waals surface area (Å²) in [6.45, 7) is 9.75. The quantitative estimate of drug-likeness (QED) is 0.353. The van der Waals surface area contributed by atoms with Crippen molar-refractivity contribution < 1.29 is 19.1 Å². The summed E-state index contributed by atoms with van der Waals surface area (Å²) in [5.74, 6) is 0.687. The van der Waals surface area contributed by atoms with Gasteiger partial charge in [0.15, 0.2) is 0 Å². The second-order valence-electron chi connectivity index (χ2n) is 12.1. The molecule has 0 radical (unpaired) electrons. The van der Waals surface area contributed by atoms with Gasteiger partial charge in [-0.2, -0.15) is 0 Å². The first-order chi connectivity index (χ1) is 17.0. The van der Waals surface area contributed by atoms with Gasteiger partial charge in [0.2, 0.25) is 0 Å². The number of benzene rings is 2. The van der Waals surface area contributed by atoms with E-state index in [1.54, 1.807) is 6.07 Å².